The number of thioether (sulfide) groups is 1. The first kappa shape index (κ1) is 13.3. The van der Waals surface area contributed by atoms with Crippen LogP contribution in [-0.4, -0.2) is 53.5 Å². The second kappa shape index (κ2) is 6.10. The minimum Gasteiger partial charge on any atom is -0.372 e. The molecule has 0 spiro atoms. The van der Waals surface area contributed by atoms with Crippen molar-refractivity contribution in [3.8, 4) is 0 Å². The third-order valence-corrected chi connectivity index (χ3v) is 3.18. The maximum atomic E-state index is 11.8. The van der Waals surface area contributed by atoms with E-state index in [1.807, 2.05) is 13.8 Å². The first-order valence-corrected chi connectivity index (χ1v) is 6.43. The molecule has 2 amide bonds. The lowest BCUT2D eigenvalue weighted by Crippen LogP contribution is -2.48. The standard InChI is InChI=1S/C10H18N2O3S/c1-7-3-12(4-8(2)15-7)10(14)6-16-5-9(11)13/h7-8H,3-6H2,1-2H3,(H2,11,13)/t7-,8-/m0/s1. The van der Waals surface area contributed by atoms with E-state index in [0.717, 1.165) is 0 Å². The molecule has 2 atom stereocenters. The minimum atomic E-state index is -0.387. The van der Waals surface area contributed by atoms with E-state index in [-0.39, 0.29) is 29.8 Å². The van der Waals surface area contributed by atoms with Crippen LogP contribution in [0.15, 0.2) is 0 Å². The van der Waals surface area contributed by atoms with E-state index in [1.54, 1.807) is 4.90 Å². The highest BCUT2D eigenvalue weighted by Crippen LogP contribution is 2.12. The van der Waals surface area contributed by atoms with Crippen molar-refractivity contribution in [2.75, 3.05) is 24.6 Å². The monoisotopic (exact) mass is 246 g/mol. The zero-order valence-electron chi connectivity index (χ0n) is 9.64. The van der Waals surface area contributed by atoms with E-state index in [9.17, 15) is 9.59 Å². The van der Waals surface area contributed by atoms with Crippen molar-refractivity contribution in [3.05, 3.63) is 0 Å². The molecule has 0 radical (unpaired) electrons. The Morgan fingerprint density at radius 1 is 1.31 bits per heavy atom. The van der Waals surface area contributed by atoms with E-state index in [0.29, 0.717) is 18.8 Å². The molecule has 1 saturated heterocycles. The van der Waals surface area contributed by atoms with Crippen LogP contribution in [0.2, 0.25) is 0 Å². The molecule has 0 aromatic carbocycles. The van der Waals surface area contributed by atoms with Gasteiger partial charge in [0.25, 0.3) is 0 Å². The van der Waals surface area contributed by atoms with E-state index in [1.165, 1.54) is 11.8 Å². The second-order valence-corrected chi connectivity index (χ2v) is 5.00. The highest BCUT2D eigenvalue weighted by molar-refractivity contribution is 8.00. The summed E-state index contributed by atoms with van der Waals surface area (Å²) in [6.45, 7) is 5.15. The Balaban J connectivity index is 2.32. The van der Waals surface area contributed by atoms with Gasteiger partial charge in [0.2, 0.25) is 11.8 Å². The average molecular weight is 246 g/mol. The molecule has 1 rings (SSSR count). The number of ether oxygens (including phenoxy) is 1. The van der Waals surface area contributed by atoms with Crippen molar-refractivity contribution in [1.29, 1.82) is 0 Å². The van der Waals surface area contributed by atoms with Crippen molar-refractivity contribution < 1.29 is 14.3 Å². The Morgan fingerprint density at radius 3 is 2.38 bits per heavy atom. The molecule has 16 heavy (non-hydrogen) atoms. The highest BCUT2D eigenvalue weighted by atomic mass is 32.2. The van der Waals surface area contributed by atoms with Crippen molar-refractivity contribution in [3.63, 3.8) is 0 Å². The van der Waals surface area contributed by atoms with Gasteiger partial charge >= 0.3 is 0 Å². The molecule has 6 heteroatoms. The first-order chi connectivity index (χ1) is 7.49. The molecule has 1 heterocycles. The summed E-state index contributed by atoms with van der Waals surface area (Å²) in [6.07, 6.45) is 0.155. The Morgan fingerprint density at radius 2 is 1.88 bits per heavy atom. The number of nitrogens with two attached hydrogens (primary N) is 1. The fourth-order valence-corrected chi connectivity index (χ4v) is 2.37. The lowest BCUT2D eigenvalue weighted by molar-refractivity contribution is -0.140. The van der Waals surface area contributed by atoms with E-state index in [2.05, 4.69) is 0 Å². The summed E-state index contributed by atoms with van der Waals surface area (Å²) in [6, 6.07) is 0. The van der Waals surface area contributed by atoms with Gasteiger partial charge in [-0.25, -0.2) is 0 Å². The molecule has 1 aliphatic rings. The van der Waals surface area contributed by atoms with Crippen LogP contribution in [0.3, 0.4) is 0 Å². The third-order valence-electron chi connectivity index (χ3n) is 2.24. The number of carbonyl (C=O) groups is 2. The molecule has 5 nitrogen and oxygen atoms in total. The summed E-state index contributed by atoms with van der Waals surface area (Å²) in [4.78, 5) is 24.1. The lowest BCUT2D eigenvalue weighted by atomic mass is 10.2. The maximum Gasteiger partial charge on any atom is 0.232 e. The second-order valence-electron chi connectivity index (χ2n) is 4.02. The van der Waals surface area contributed by atoms with Gasteiger partial charge in [-0.1, -0.05) is 0 Å². The van der Waals surface area contributed by atoms with Crippen LogP contribution < -0.4 is 5.73 Å². The Hall–Kier alpha value is -0.750. The van der Waals surface area contributed by atoms with E-state index < -0.39 is 0 Å². The Bertz CT molecular complexity index is 263. The summed E-state index contributed by atoms with van der Waals surface area (Å²) >= 11 is 1.26. The quantitative estimate of drug-likeness (QED) is 0.748. The summed E-state index contributed by atoms with van der Waals surface area (Å²) in [5, 5.41) is 0. The molecule has 0 saturated carbocycles. The van der Waals surface area contributed by atoms with Gasteiger partial charge in [-0.2, -0.15) is 0 Å². The van der Waals surface area contributed by atoms with Crippen LogP contribution >= 0.6 is 11.8 Å². The van der Waals surface area contributed by atoms with Gasteiger partial charge in [-0.05, 0) is 13.8 Å². The zero-order valence-corrected chi connectivity index (χ0v) is 10.5. The highest BCUT2D eigenvalue weighted by Gasteiger charge is 2.25. The van der Waals surface area contributed by atoms with Gasteiger partial charge in [0.15, 0.2) is 0 Å². The van der Waals surface area contributed by atoms with E-state index >= 15 is 0 Å². The molecule has 0 aromatic rings. The molecule has 92 valence electrons. The van der Waals surface area contributed by atoms with Gasteiger partial charge in [-0.15, -0.1) is 11.8 Å². The van der Waals surface area contributed by atoms with Gasteiger partial charge in [-0.3, -0.25) is 9.59 Å². The fraction of sp³-hybridized carbons (Fsp3) is 0.800. The van der Waals surface area contributed by atoms with Crippen LogP contribution in [0, 0.1) is 0 Å². The molecule has 0 aliphatic carbocycles. The number of morpholine rings is 1. The molecule has 0 bridgehead atoms. The van der Waals surface area contributed by atoms with Crippen LogP contribution in [0.5, 0.6) is 0 Å². The number of nitrogens with zero attached hydrogens (tertiary/aromatic N) is 1. The van der Waals surface area contributed by atoms with Crippen LogP contribution in [0.4, 0.5) is 0 Å². The number of primary amides is 1. The maximum absolute atomic E-state index is 11.8. The number of rotatable bonds is 4. The fourth-order valence-electron chi connectivity index (χ4n) is 1.71. The normalized spacial score (nSPS) is 25.5. The topological polar surface area (TPSA) is 72.6 Å². The number of carbonyl (C=O) groups excluding carboxylic acids is 2. The number of hydrogen-bond donors (Lipinski definition) is 1. The smallest absolute Gasteiger partial charge is 0.232 e. The Labute approximate surface area is 99.7 Å². The molecule has 1 fully saturated rings. The predicted octanol–water partition coefficient (Wildman–Crippen LogP) is -0.159. The predicted molar refractivity (Wildman–Crippen MR) is 63.1 cm³/mol. The van der Waals surface area contributed by atoms with Crippen molar-refractivity contribution in [2.45, 2.75) is 26.1 Å². The van der Waals surface area contributed by atoms with Crippen LogP contribution in [0.25, 0.3) is 0 Å². The molecular formula is C10H18N2O3S. The van der Waals surface area contributed by atoms with Gasteiger partial charge < -0.3 is 15.4 Å². The lowest BCUT2D eigenvalue weighted by Gasteiger charge is -2.35. The molecule has 0 unspecified atom stereocenters. The van der Waals surface area contributed by atoms with E-state index in [4.69, 9.17) is 10.5 Å². The van der Waals surface area contributed by atoms with Gasteiger partial charge in [0, 0.05) is 13.1 Å². The summed E-state index contributed by atoms with van der Waals surface area (Å²) in [5.41, 5.74) is 5.00. The zero-order chi connectivity index (χ0) is 12.1. The summed E-state index contributed by atoms with van der Waals surface area (Å²) < 4.78 is 5.53. The molecule has 1 aliphatic heterocycles. The molecule has 2 N–H and O–H groups in total. The van der Waals surface area contributed by atoms with Crippen LogP contribution in [0.1, 0.15) is 13.8 Å². The van der Waals surface area contributed by atoms with Gasteiger partial charge in [0.05, 0.1) is 23.7 Å². The summed E-state index contributed by atoms with van der Waals surface area (Å²) in [7, 11) is 0. The van der Waals surface area contributed by atoms with Crippen molar-refractivity contribution in [1.82, 2.24) is 4.90 Å². The Kier molecular flexibility index (Phi) is 5.08. The largest absolute Gasteiger partial charge is 0.372 e. The van der Waals surface area contributed by atoms with Crippen LogP contribution in [-0.2, 0) is 14.3 Å². The average Bonchev–Trinajstić information content (AvgIpc) is 2.15. The van der Waals surface area contributed by atoms with Crippen molar-refractivity contribution in [2.24, 2.45) is 5.73 Å². The minimum absolute atomic E-state index is 0.0493. The SMILES string of the molecule is C[C@H]1CN(C(=O)CSCC(N)=O)C[C@H](C)O1. The van der Waals surface area contributed by atoms with Gasteiger partial charge in [0.1, 0.15) is 0 Å². The molecular weight excluding hydrogens is 228 g/mol. The number of amides is 2. The van der Waals surface area contributed by atoms with Crippen molar-refractivity contribution >= 4 is 23.6 Å². The molecule has 0 aromatic heterocycles. The summed E-state index contributed by atoms with van der Waals surface area (Å²) in [5.74, 6) is 0.165. The third kappa shape index (κ3) is 4.40. The number of hydrogen-bond acceptors (Lipinski definition) is 4. The first-order valence-electron chi connectivity index (χ1n) is 5.28.